The van der Waals surface area contributed by atoms with Gasteiger partial charge in [0.2, 0.25) is 11.8 Å². The summed E-state index contributed by atoms with van der Waals surface area (Å²) in [5.41, 5.74) is 10.4. The molecule has 15 heavy (non-hydrogen) atoms. The molecule has 0 rings (SSSR count). The number of amides is 2. The molecule has 0 radical (unpaired) electrons. The first-order chi connectivity index (χ1) is 7.02. The molecule has 1 atom stereocenters. The SMILES string of the molecule is C=CCN(CCO)C(=O)C(N)CC(N)=O. The van der Waals surface area contributed by atoms with Crippen LogP contribution in [0.3, 0.4) is 0 Å². The Hall–Kier alpha value is -1.40. The standard InChI is InChI=1S/C9H17N3O3/c1-2-3-12(4-5-13)9(15)7(10)6-8(11)14/h2,7,13H,1,3-6,10H2,(H2,11,14). The molecule has 0 saturated heterocycles. The van der Waals surface area contributed by atoms with E-state index in [1.807, 2.05) is 0 Å². The van der Waals surface area contributed by atoms with E-state index in [9.17, 15) is 9.59 Å². The molecular weight excluding hydrogens is 198 g/mol. The zero-order valence-electron chi connectivity index (χ0n) is 8.56. The largest absolute Gasteiger partial charge is 0.395 e. The number of hydrogen-bond acceptors (Lipinski definition) is 4. The molecule has 0 aliphatic heterocycles. The number of nitrogens with two attached hydrogens (primary N) is 2. The molecule has 0 spiro atoms. The minimum Gasteiger partial charge on any atom is -0.395 e. The van der Waals surface area contributed by atoms with Crippen LogP contribution < -0.4 is 11.5 Å². The maximum atomic E-state index is 11.6. The first-order valence-electron chi connectivity index (χ1n) is 4.57. The highest BCUT2D eigenvalue weighted by Gasteiger charge is 2.21. The lowest BCUT2D eigenvalue weighted by atomic mass is 10.2. The van der Waals surface area contributed by atoms with E-state index in [-0.39, 0.29) is 26.1 Å². The Bertz CT molecular complexity index is 243. The van der Waals surface area contributed by atoms with E-state index < -0.39 is 17.9 Å². The van der Waals surface area contributed by atoms with Crippen molar-refractivity contribution in [3.05, 3.63) is 12.7 Å². The molecule has 5 N–H and O–H groups in total. The summed E-state index contributed by atoms with van der Waals surface area (Å²) in [5, 5.41) is 8.72. The summed E-state index contributed by atoms with van der Waals surface area (Å²) in [6.07, 6.45) is 1.32. The lowest BCUT2D eigenvalue weighted by Gasteiger charge is -2.22. The summed E-state index contributed by atoms with van der Waals surface area (Å²) in [6, 6.07) is -0.950. The molecule has 0 aliphatic rings. The number of carbonyl (C=O) groups is 2. The monoisotopic (exact) mass is 215 g/mol. The Balaban J connectivity index is 4.33. The van der Waals surface area contributed by atoms with E-state index in [4.69, 9.17) is 16.6 Å². The Labute approximate surface area is 88.5 Å². The van der Waals surface area contributed by atoms with Crippen LogP contribution in [0.15, 0.2) is 12.7 Å². The predicted octanol–water partition coefficient (Wildman–Crippen LogP) is -1.80. The van der Waals surface area contributed by atoms with Crippen LogP contribution in [0.2, 0.25) is 0 Å². The van der Waals surface area contributed by atoms with E-state index in [2.05, 4.69) is 6.58 Å². The van der Waals surface area contributed by atoms with Crippen molar-refractivity contribution in [2.75, 3.05) is 19.7 Å². The Morgan fingerprint density at radius 2 is 2.13 bits per heavy atom. The topological polar surface area (TPSA) is 110 Å². The van der Waals surface area contributed by atoms with E-state index in [1.54, 1.807) is 0 Å². The van der Waals surface area contributed by atoms with E-state index >= 15 is 0 Å². The number of primary amides is 1. The van der Waals surface area contributed by atoms with Gasteiger partial charge in [0.25, 0.3) is 0 Å². The van der Waals surface area contributed by atoms with E-state index in [0.29, 0.717) is 0 Å². The van der Waals surface area contributed by atoms with Gasteiger partial charge in [0.15, 0.2) is 0 Å². The van der Waals surface area contributed by atoms with Gasteiger partial charge in [0.05, 0.1) is 19.1 Å². The van der Waals surface area contributed by atoms with Gasteiger partial charge < -0.3 is 21.5 Å². The predicted molar refractivity (Wildman–Crippen MR) is 55.6 cm³/mol. The second-order valence-corrected chi connectivity index (χ2v) is 3.07. The van der Waals surface area contributed by atoms with Crippen molar-refractivity contribution >= 4 is 11.8 Å². The molecule has 0 aliphatic carbocycles. The van der Waals surface area contributed by atoms with Gasteiger partial charge in [0.1, 0.15) is 0 Å². The summed E-state index contributed by atoms with van der Waals surface area (Å²) in [4.78, 5) is 23.5. The lowest BCUT2D eigenvalue weighted by molar-refractivity contribution is -0.134. The third-order valence-corrected chi connectivity index (χ3v) is 1.77. The average Bonchev–Trinajstić information content (AvgIpc) is 2.15. The Morgan fingerprint density at radius 1 is 1.53 bits per heavy atom. The molecule has 0 fully saturated rings. The number of carbonyl (C=O) groups excluding carboxylic acids is 2. The lowest BCUT2D eigenvalue weighted by Crippen LogP contribution is -2.46. The molecule has 0 heterocycles. The van der Waals surface area contributed by atoms with Gasteiger partial charge in [0, 0.05) is 13.1 Å². The van der Waals surface area contributed by atoms with Crippen LogP contribution in [-0.4, -0.2) is 47.6 Å². The van der Waals surface area contributed by atoms with Crippen molar-refractivity contribution in [2.45, 2.75) is 12.5 Å². The number of aliphatic hydroxyl groups excluding tert-OH is 1. The molecule has 0 aromatic heterocycles. The van der Waals surface area contributed by atoms with Gasteiger partial charge in [-0.15, -0.1) is 6.58 Å². The molecule has 6 heteroatoms. The van der Waals surface area contributed by atoms with Gasteiger partial charge in [-0.05, 0) is 0 Å². The fourth-order valence-corrected chi connectivity index (χ4v) is 1.11. The first kappa shape index (κ1) is 13.6. The number of nitrogens with zero attached hydrogens (tertiary/aromatic N) is 1. The van der Waals surface area contributed by atoms with Gasteiger partial charge in [-0.25, -0.2) is 0 Å². The quantitative estimate of drug-likeness (QED) is 0.435. The van der Waals surface area contributed by atoms with Crippen LogP contribution in [0.4, 0.5) is 0 Å². The second-order valence-electron chi connectivity index (χ2n) is 3.07. The van der Waals surface area contributed by atoms with Crippen molar-refractivity contribution in [1.29, 1.82) is 0 Å². The third kappa shape index (κ3) is 5.14. The highest BCUT2D eigenvalue weighted by molar-refractivity contribution is 5.87. The van der Waals surface area contributed by atoms with Crippen LogP contribution in [0.25, 0.3) is 0 Å². The van der Waals surface area contributed by atoms with Crippen LogP contribution in [-0.2, 0) is 9.59 Å². The molecule has 1 unspecified atom stereocenters. The molecular formula is C9H17N3O3. The van der Waals surface area contributed by atoms with Crippen molar-refractivity contribution in [3.8, 4) is 0 Å². The number of rotatable bonds is 7. The van der Waals surface area contributed by atoms with Crippen molar-refractivity contribution < 1.29 is 14.7 Å². The molecule has 86 valence electrons. The van der Waals surface area contributed by atoms with Crippen LogP contribution in [0, 0.1) is 0 Å². The van der Waals surface area contributed by atoms with Crippen molar-refractivity contribution in [3.63, 3.8) is 0 Å². The summed E-state index contributed by atoms with van der Waals surface area (Å²) in [6.45, 7) is 3.76. The minimum absolute atomic E-state index is 0.164. The second kappa shape index (κ2) is 6.97. The maximum absolute atomic E-state index is 11.6. The molecule has 0 aromatic carbocycles. The third-order valence-electron chi connectivity index (χ3n) is 1.77. The highest BCUT2D eigenvalue weighted by Crippen LogP contribution is 1.97. The molecule has 0 saturated carbocycles. The highest BCUT2D eigenvalue weighted by atomic mass is 16.3. The summed E-state index contributed by atoms with van der Waals surface area (Å²) >= 11 is 0. The fraction of sp³-hybridized carbons (Fsp3) is 0.556. The zero-order valence-corrected chi connectivity index (χ0v) is 8.56. The minimum atomic E-state index is -0.950. The smallest absolute Gasteiger partial charge is 0.240 e. The van der Waals surface area contributed by atoms with Crippen LogP contribution in [0.1, 0.15) is 6.42 Å². The van der Waals surface area contributed by atoms with E-state index in [0.717, 1.165) is 0 Å². The zero-order chi connectivity index (χ0) is 11.8. The van der Waals surface area contributed by atoms with Gasteiger partial charge in [-0.3, -0.25) is 9.59 Å². The Morgan fingerprint density at radius 3 is 2.53 bits per heavy atom. The van der Waals surface area contributed by atoms with Gasteiger partial charge >= 0.3 is 0 Å². The summed E-state index contributed by atoms with van der Waals surface area (Å²) < 4.78 is 0. The fourth-order valence-electron chi connectivity index (χ4n) is 1.11. The maximum Gasteiger partial charge on any atom is 0.240 e. The molecule has 6 nitrogen and oxygen atoms in total. The summed E-state index contributed by atoms with van der Waals surface area (Å²) in [5.74, 6) is -1.04. The number of hydrogen-bond donors (Lipinski definition) is 3. The first-order valence-corrected chi connectivity index (χ1v) is 4.57. The summed E-state index contributed by atoms with van der Waals surface area (Å²) in [7, 11) is 0. The van der Waals surface area contributed by atoms with Crippen molar-refractivity contribution in [1.82, 2.24) is 4.90 Å². The molecule has 0 aromatic rings. The van der Waals surface area contributed by atoms with E-state index in [1.165, 1.54) is 11.0 Å². The number of aliphatic hydroxyl groups is 1. The van der Waals surface area contributed by atoms with Crippen molar-refractivity contribution in [2.24, 2.45) is 11.5 Å². The Kier molecular flexibility index (Phi) is 6.32. The van der Waals surface area contributed by atoms with Gasteiger partial charge in [-0.1, -0.05) is 6.08 Å². The normalized spacial score (nSPS) is 11.9. The molecule has 0 bridgehead atoms. The van der Waals surface area contributed by atoms with Crippen LogP contribution >= 0.6 is 0 Å². The molecule has 2 amide bonds. The van der Waals surface area contributed by atoms with Gasteiger partial charge in [-0.2, -0.15) is 0 Å². The average molecular weight is 215 g/mol. The van der Waals surface area contributed by atoms with Crippen LogP contribution in [0.5, 0.6) is 0 Å².